The van der Waals surface area contributed by atoms with Gasteiger partial charge in [-0.05, 0) is 18.1 Å². The first kappa shape index (κ1) is 14.0. The summed E-state index contributed by atoms with van der Waals surface area (Å²) in [4.78, 5) is 23.5. The van der Waals surface area contributed by atoms with Crippen LogP contribution in [-0.2, 0) is 14.3 Å². The molecule has 0 heterocycles. The van der Waals surface area contributed by atoms with Gasteiger partial charge in [-0.15, -0.1) is 0 Å². The van der Waals surface area contributed by atoms with E-state index in [9.17, 15) is 9.59 Å². The first-order valence-electron chi connectivity index (χ1n) is 6.36. The second-order valence-corrected chi connectivity index (χ2v) is 4.30. The Kier molecular flexibility index (Phi) is 4.66. The fraction of sp³-hybridized carbons (Fsp3) is 0.118. The van der Waals surface area contributed by atoms with Gasteiger partial charge in [-0.25, -0.2) is 0 Å². The van der Waals surface area contributed by atoms with Crippen LogP contribution < -0.4 is 0 Å². The Balaban J connectivity index is 2.35. The van der Waals surface area contributed by atoms with E-state index in [0.717, 1.165) is 11.1 Å². The number of benzene rings is 2. The van der Waals surface area contributed by atoms with E-state index in [1.807, 2.05) is 60.7 Å². The largest absolute Gasteiger partial charge is 0.392 e. The molecule has 3 heteroatoms. The van der Waals surface area contributed by atoms with E-state index in [2.05, 4.69) is 6.92 Å². The van der Waals surface area contributed by atoms with Gasteiger partial charge in [0, 0.05) is 6.42 Å². The van der Waals surface area contributed by atoms with E-state index in [1.54, 1.807) is 0 Å². The van der Waals surface area contributed by atoms with E-state index >= 15 is 0 Å². The third-order valence-corrected chi connectivity index (χ3v) is 2.92. The van der Waals surface area contributed by atoms with Crippen LogP contribution >= 0.6 is 0 Å². The normalized spacial score (nSPS) is 10.3. The highest BCUT2D eigenvalue weighted by Crippen LogP contribution is 2.26. The smallest absolute Gasteiger partial charge is 0.325 e. The van der Waals surface area contributed by atoms with Gasteiger partial charge in [0.15, 0.2) is 0 Å². The number of rotatable bonds is 4. The van der Waals surface area contributed by atoms with Crippen molar-refractivity contribution in [1.82, 2.24) is 0 Å². The highest BCUT2D eigenvalue weighted by molar-refractivity contribution is 5.91. The highest BCUT2D eigenvalue weighted by Gasteiger charge is 2.25. The quantitative estimate of drug-likeness (QED) is 0.631. The molecule has 0 bridgehead atoms. The lowest BCUT2D eigenvalue weighted by Crippen LogP contribution is -2.20. The molecule has 2 rings (SSSR count). The van der Waals surface area contributed by atoms with Crippen LogP contribution in [-0.4, -0.2) is 11.9 Å². The first-order valence-corrected chi connectivity index (χ1v) is 6.36. The lowest BCUT2D eigenvalue weighted by atomic mass is 9.91. The van der Waals surface area contributed by atoms with Gasteiger partial charge in [-0.2, -0.15) is 0 Å². The van der Waals surface area contributed by atoms with Crippen LogP contribution in [0.4, 0.5) is 0 Å². The molecule has 0 aliphatic heterocycles. The number of ether oxygens (including phenoxy) is 1. The predicted octanol–water partition coefficient (Wildman–Crippen LogP) is 3.11. The average molecular weight is 267 g/mol. The van der Waals surface area contributed by atoms with Crippen LogP contribution in [0.3, 0.4) is 0 Å². The van der Waals surface area contributed by atoms with Crippen molar-refractivity contribution < 1.29 is 14.3 Å². The maximum Gasteiger partial charge on any atom is 0.325 e. The van der Waals surface area contributed by atoms with Crippen molar-refractivity contribution in [3.05, 3.63) is 78.7 Å². The number of carbonyl (C=O) groups excluding carboxylic acids is 2. The highest BCUT2D eigenvalue weighted by atomic mass is 16.6. The van der Waals surface area contributed by atoms with Crippen molar-refractivity contribution in [2.45, 2.75) is 12.3 Å². The van der Waals surface area contributed by atoms with Crippen molar-refractivity contribution in [1.29, 1.82) is 0 Å². The number of carbonyl (C=O) groups is 2. The molecular formula is C17H15O3. The minimum Gasteiger partial charge on any atom is -0.392 e. The Bertz CT molecular complexity index is 536. The Morgan fingerprint density at radius 2 is 1.35 bits per heavy atom. The van der Waals surface area contributed by atoms with Crippen molar-refractivity contribution in [2.24, 2.45) is 0 Å². The Labute approximate surface area is 118 Å². The van der Waals surface area contributed by atoms with Gasteiger partial charge in [0.25, 0.3) is 0 Å². The van der Waals surface area contributed by atoms with E-state index in [0.29, 0.717) is 0 Å². The van der Waals surface area contributed by atoms with Gasteiger partial charge in [0.05, 0.1) is 0 Å². The molecule has 0 atom stereocenters. The summed E-state index contributed by atoms with van der Waals surface area (Å²) in [6.45, 7) is 3.42. The van der Waals surface area contributed by atoms with Gasteiger partial charge in [-0.3, -0.25) is 9.59 Å². The Morgan fingerprint density at radius 3 is 1.75 bits per heavy atom. The molecule has 0 saturated heterocycles. The van der Waals surface area contributed by atoms with Crippen molar-refractivity contribution in [3.8, 4) is 0 Å². The standard InChI is InChI=1S/C17H15O3/c1-2-15(18)20-17(19)16(13-9-5-3-6-10-13)14-11-7-4-8-12-14/h3-12,16H,1-2H2. The lowest BCUT2D eigenvalue weighted by molar-refractivity contribution is -0.159. The molecule has 0 unspecified atom stereocenters. The maximum absolute atomic E-state index is 12.2. The van der Waals surface area contributed by atoms with Crippen molar-refractivity contribution in [2.75, 3.05) is 0 Å². The van der Waals surface area contributed by atoms with Gasteiger partial charge in [0.2, 0.25) is 0 Å². The molecule has 2 aromatic carbocycles. The summed E-state index contributed by atoms with van der Waals surface area (Å²) in [5.41, 5.74) is 1.58. The zero-order valence-corrected chi connectivity index (χ0v) is 11.0. The lowest BCUT2D eigenvalue weighted by Gasteiger charge is -2.15. The van der Waals surface area contributed by atoms with Gasteiger partial charge in [-0.1, -0.05) is 60.7 Å². The van der Waals surface area contributed by atoms with Crippen LogP contribution in [0.2, 0.25) is 0 Å². The van der Waals surface area contributed by atoms with Crippen LogP contribution in [0.15, 0.2) is 60.7 Å². The van der Waals surface area contributed by atoms with Gasteiger partial charge >= 0.3 is 11.9 Å². The fourth-order valence-electron chi connectivity index (χ4n) is 1.98. The molecular weight excluding hydrogens is 252 g/mol. The molecule has 1 radical (unpaired) electrons. The van der Waals surface area contributed by atoms with Crippen LogP contribution in [0.1, 0.15) is 23.5 Å². The molecule has 0 aliphatic carbocycles. The van der Waals surface area contributed by atoms with Crippen molar-refractivity contribution >= 4 is 11.9 Å². The molecule has 2 aromatic rings. The third kappa shape index (κ3) is 3.32. The molecule has 20 heavy (non-hydrogen) atoms. The molecule has 0 saturated carbocycles. The molecule has 101 valence electrons. The SMILES string of the molecule is [CH2]CC(=O)OC(=O)C(c1ccccc1)c1ccccc1. The summed E-state index contributed by atoms with van der Waals surface area (Å²) >= 11 is 0. The molecule has 0 aliphatic rings. The molecule has 0 spiro atoms. The van der Waals surface area contributed by atoms with Crippen LogP contribution in [0.5, 0.6) is 0 Å². The average Bonchev–Trinajstić information content (AvgIpc) is 2.49. The maximum atomic E-state index is 12.2. The van der Waals surface area contributed by atoms with E-state index < -0.39 is 17.9 Å². The predicted molar refractivity (Wildman–Crippen MR) is 75.8 cm³/mol. The van der Waals surface area contributed by atoms with Crippen LogP contribution in [0.25, 0.3) is 0 Å². The monoisotopic (exact) mass is 267 g/mol. The second kappa shape index (κ2) is 6.66. The number of esters is 2. The summed E-state index contributed by atoms with van der Waals surface area (Å²) in [6.07, 6.45) is -0.0674. The van der Waals surface area contributed by atoms with Gasteiger partial charge < -0.3 is 4.74 Å². The summed E-state index contributed by atoms with van der Waals surface area (Å²) in [5, 5.41) is 0. The third-order valence-electron chi connectivity index (χ3n) is 2.92. The van der Waals surface area contributed by atoms with E-state index in [4.69, 9.17) is 4.74 Å². The topological polar surface area (TPSA) is 43.4 Å². The zero-order valence-electron chi connectivity index (χ0n) is 11.0. The minimum absolute atomic E-state index is 0.0674. The zero-order chi connectivity index (χ0) is 14.4. The Hall–Kier alpha value is -2.42. The molecule has 0 amide bonds. The van der Waals surface area contributed by atoms with Crippen molar-refractivity contribution in [3.63, 3.8) is 0 Å². The van der Waals surface area contributed by atoms with E-state index in [-0.39, 0.29) is 6.42 Å². The van der Waals surface area contributed by atoms with E-state index in [1.165, 1.54) is 0 Å². The number of hydrogen-bond acceptors (Lipinski definition) is 3. The fourth-order valence-corrected chi connectivity index (χ4v) is 1.98. The molecule has 0 fully saturated rings. The summed E-state index contributed by atoms with van der Waals surface area (Å²) in [7, 11) is 0. The minimum atomic E-state index is -0.619. The molecule has 0 N–H and O–H groups in total. The summed E-state index contributed by atoms with van der Waals surface area (Å²) < 4.78 is 4.83. The summed E-state index contributed by atoms with van der Waals surface area (Å²) in [5.74, 6) is -1.80. The summed E-state index contributed by atoms with van der Waals surface area (Å²) in [6, 6.07) is 18.5. The van der Waals surface area contributed by atoms with Crippen LogP contribution in [0, 0.1) is 6.92 Å². The molecule has 3 nitrogen and oxygen atoms in total. The Morgan fingerprint density at radius 1 is 0.900 bits per heavy atom. The molecule has 0 aromatic heterocycles. The van der Waals surface area contributed by atoms with Gasteiger partial charge in [0.1, 0.15) is 5.92 Å². The first-order chi connectivity index (χ1) is 9.72. The number of hydrogen-bond donors (Lipinski definition) is 0. The second-order valence-electron chi connectivity index (χ2n) is 4.30.